The summed E-state index contributed by atoms with van der Waals surface area (Å²) in [6, 6.07) is 0. The van der Waals surface area contributed by atoms with Gasteiger partial charge in [-0.25, -0.2) is 0 Å². The number of rotatable bonds is 3. The van der Waals surface area contributed by atoms with Gasteiger partial charge in [0, 0.05) is 0 Å². The van der Waals surface area contributed by atoms with Crippen molar-refractivity contribution in [1.82, 2.24) is 0 Å². The fourth-order valence-electron chi connectivity index (χ4n) is 1.15. The van der Waals surface area contributed by atoms with Gasteiger partial charge in [-0.05, 0) is 0 Å². The van der Waals surface area contributed by atoms with Crippen molar-refractivity contribution in [2.75, 3.05) is 0 Å². The van der Waals surface area contributed by atoms with Crippen LogP contribution in [-0.4, -0.2) is 0 Å². The summed E-state index contributed by atoms with van der Waals surface area (Å²) in [5, 5.41) is 0. The zero-order valence-corrected chi connectivity index (χ0v) is 9.18. The van der Waals surface area contributed by atoms with Crippen LogP contribution in [0.5, 0.6) is 0 Å². The molecule has 0 nitrogen and oxygen atoms in total. The number of unbranched alkanes of at least 4 members (excludes halogenated alkanes) is 1. The maximum absolute atomic E-state index is 2.28. The summed E-state index contributed by atoms with van der Waals surface area (Å²) in [6.07, 6.45) is 9.69. The molecule has 74 valence electrons. The Balaban J connectivity index is -0.000000333. The molecule has 13 heavy (non-hydrogen) atoms. The summed E-state index contributed by atoms with van der Waals surface area (Å²) in [7, 11) is 0. The Labute approximate surface area is 89.0 Å². The number of hydrogen-bond acceptors (Lipinski definition) is 0. The van der Waals surface area contributed by atoms with Gasteiger partial charge in [-0.1, -0.05) is 0 Å². The van der Waals surface area contributed by atoms with Gasteiger partial charge in [0.2, 0.25) is 0 Å². The van der Waals surface area contributed by atoms with E-state index in [2.05, 4.69) is 39.5 Å². The predicted molar refractivity (Wildman–Crippen MR) is 40.3 cm³/mol. The topological polar surface area (TPSA) is 0 Å². The van der Waals surface area contributed by atoms with Crippen LogP contribution in [0.25, 0.3) is 0 Å². The van der Waals surface area contributed by atoms with E-state index in [-0.39, 0.29) is 14.1 Å². The van der Waals surface area contributed by atoms with Crippen molar-refractivity contribution in [3.8, 4) is 0 Å². The fourth-order valence-corrected chi connectivity index (χ4v) is 1.66. The molecule has 1 rings (SSSR count). The van der Waals surface area contributed by atoms with Crippen molar-refractivity contribution in [2.45, 2.75) is 32.6 Å². The summed E-state index contributed by atoms with van der Waals surface area (Å²) in [5.74, 6) is 0. The fraction of sp³-hybridized carbons (Fsp3) is 0.556. The van der Waals surface area contributed by atoms with E-state index in [0.29, 0.717) is 0 Å². The van der Waals surface area contributed by atoms with Gasteiger partial charge in [0.1, 0.15) is 0 Å². The molecule has 1 aliphatic rings. The molecule has 0 aromatic heterocycles. The summed E-state index contributed by atoms with van der Waals surface area (Å²) in [5.41, 5.74) is 1.59. The average molecular weight is 226 g/mol. The molecule has 0 aliphatic heterocycles. The van der Waals surface area contributed by atoms with Gasteiger partial charge in [0.15, 0.2) is 0 Å². The Morgan fingerprint density at radius 3 is 2.31 bits per heavy atom. The van der Waals surface area contributed by atoms with Crippen molar-refractivity contribution < 1.29 is 34.5 Å². The van der Waals surface area contributed by atoms with Gasteiger partial charge >= 0.3 is 74.6 Å². The normalized spacial score (nSPS) is 13.2. The quantitative estimate of drug-likeness (QED) is 0.420. The van der Waals surface area contributed by atoms with Crippen molar-refractivity contribution in [1.29, 1.82) is 0 Å². The molecular formula is C9H13F3Ti. The first-order chi connectivity index (χ1) is 4.84. The molecule has 0 aromatic rings. The zero-order valence-electron chi connectivity index (χ0n) is 7.62. The van der Waals surface area contributed by atoms with Crippen molar-refractivity contribution in [2.24, 2.45) is 0 Å². The Morgan fingerprint density at radius 2 is 1.92 bits per heavy atom. The van der Waals surface area contributed by atoms with Gasteiger partial charge < -0.3 is 14.1 Å². The minimum Gasteiger partial charge on any atom is -1.00 e. The van der Waals surface area contributed by atoms with Crippen LogP contribution in [0.15, 0.2) is 21.6 Å². The van der Waals surface area contributed by atoms with Crippen LogP contribution in [0.1, 0.15) is 32.6 Å². The Morgan fingerprint density at radius 1 is 1.31 bits per heavy atom. The van der Waals surface area contributed by atoms with E-state index >= 15 is 0 Å². The second-order valence-corrected chi connectivity index (χ2v) is 3.66. The van der Waals surface area contributed by atoms with Crippen molar-refractivity contribution in [3.05, 3.63) is 21.6 Å². The number of hydrogen-bond donors (Lipinski definition) is 0. The van der Waals surface area contributed by atoms with Crippen LogP contribution in [0.2, 0.25) is 0 Å². The Bertz CT molecular complexity index is 176. The van der Waals surface area contributed by atoms with Gasteiger partial charge in [-0.3, -0.25) is 0 Å². The maximum atomic E-state index is 2.28. The van der Waals surface area contributed by atoms with E-state index < -0.39 is 0 Å². The molecule has 0 atom stereocenters. The predicted octanol–water partition coefficient (Wildman–Crippen LogP) is -6.05. The molecule has 0 radical (unpaired) electrons. The molecule has 4 heteroatoms. The molecule has 0 spiro atoms. The summed E-state index contributed by atoms with van der Waals surface area (Å²) >= 11 is 2.24. The number of halogens is 3. The first-order valence-corrected chi connectivity index (χ1v) is 4.73. The van der Waals surface area contributed by atoms with E-state index in [1.807, 2.05) is 0 Å². The maximum Gasteiger partial charge on any atom is -1.00 e. The monoisotopic (exact) mass is 226 g/mol. The van der Waals surface area contributed by atoms with Gasteiger partial charge in [-0.15, -0.1) is 0 Å². The van der Waals surface area contributed by atoms with E-state index in [4.69, 9.17) is 0 Å². The van der Waals surface area contributed by atoms with Gasteiger partial charge in [-0.2, -0.15) is 0 Å². The summed E-state index contributed by atoms with van der Waals surface area (Å²) < 4.78 is 1.58. The molecule has 0 saturated carbocycles. The smallest absolute Gasteiger partial charge is 1.00 e. The van der Waals surface area contributed by atoms with E-state index in [0.717, 1.165) is 0 Å². The summed E-state index contributed by atoms with van der Waals surface area (Å²) in [6.45, 7) is 2.24. The van der Waals surface area contributed by atoms with E-state index in [9.17, 15) is 0 Å². The molecule has 0 N–H and O–H groups in total. The molecule has 0 aromatic carbocycles. The first-order valence-electron chi connectivity index (χ1n) is 3.94. The Kier molecular flexibility index (Phi) is 14.5. The van der Waals surface area contributed by atoms with Gasteiger partial charge in [0.05, 0.1) is 0 Å². The van der Waals surface area contributed by atoms with Crippen LogP contribution in [-0.2, 0) is 20.4 Å². The summed E-state index contributed by atoms with van der Waals surface area (Å²) in [4.78, 5) is 0. The molecule has 0 amide bonds. The molecule has 0 unspecified atom stereocenters. The number of allylic oxidation sites excluding steroid dienone is 4. The molecule has 0 bridgehead atoms. The third-order valence-corrected chi connectivity index (χ3v) is 2.65. The van der Waals surface area contributed by atoms with Gasteiger partial charge in [0.25, 0.3) is 0 Å². The van der Waals surface area contributed by atoms with E-state index in [1.54, 1.807) is 9.45 Å². The Hall–Kier alpha value is -0.0157. The molecule has 0 fully saturated rings. The van der Waals surface area contributed by atoms with Crippen LogP contribution >= 0.6 is 0 Å². The standard InChI is InChI=1S/C9H13.3FH.Ti/c1-2-3-6-9-7-4-5-8-9;;;;/h4,7H,2-3,5-6H2,1H3;3*1H;/q;;;;+3/p-3. The zero-order chi connectivity index (χ0) is 7.40. The second-order valence-electron chi connectivity index (χ2n) is 2.71. The third kappa shape index (κ3) is 6.11. The third-order valence-electron chi connectivity index (χ3n) is 1.83. The minimum atomic E-state index is 0. The van der Waals surface area contributed by atoms with Crippen LogP contribution in [0.4, 0.5) is 0 Å². The minimum absolute atomic E-state index is 0. The largest absolute Gasteiger partial charge is 1.00 e. The SMILES string of the molecule is CCCCC1=[C]([Ti+3])CC=C1.[F-].[F-].[F-]. The van der Waals surface area contributed by atoms with Crippen LogP contribution < -0.4 is 14.1 Å². The molecule has 1 aliphatic carbocycles. The van der Waals surface area contributed by atoms with Crippen molar-refractivity contribution in [3.63, 3.8) is 0 Å². The molecular weight excluding hydrogens is 213 g/mol. The first kappa shape index (κ1) is 18.7. The molecule has 0 saturated heterocycles. The van der Waals surface area contributed by atoms with Crippen molar-refractivity contribution >= 4 is 0 Å². The van der Waals surface area contributed by atoms with E-state index in [1.165, 1.54) is 25.7 Å². The second kappa shape index (κ2) is 10.1. The molecule has 0 heterocycles. The average Bonchev–Trinajstić information content (AvgIpc) is 2.31. The van der Waals surface area contributed by atoms with Crippen LogP contribution in [0, 0.1) is 0 Å². The van der Waals surface area contributed by atoms with Crippen LogP contribution in [0.3, 0.4) is 0 Å².